The number of aliphatic hydroxyl groups is 2. The number of piperidine rings is 1. The molecule has 4 N–H and O–H groups in total. The molecule has 100 valence electrons. The van der Waals surface area contributed by atoms with Gasteiger partial charge in [0.2, 0.25) is 0 Å². The zero-order chi connectivity index (χ0) is 13.1. The molecule has 1 aromatic rings. The summed E-state index contributed by atoms with van der Waals surface area (Å²) in [7, 11) is 0. The summed E-state index contributed by atoms with van der Waals surface area (Å²) in [5.41, 5.74) is 7.19. The minimum absolute atomic E-state index is 0.280. The average Bonchev–Trinajstić information content (AvgIpc) is 2.34. The lowest BCUT2D eigenvalue weighted by Crippen LogP contribution is -2.44. The van der Waals surface area contributed by atoms with E-state index in [9.17, 15) is 10.2 Å². The Morgan fingerprint density at radius 1 is 1.39 bits per heavy atom. The van der Waals surface area contributed by atoms with E-state index in [2.05, 4.69) is 11.8 Å². The largest absolute Gasteiger partial charge is 0.399 e. The first kappa shape index (κ1) is 13.3. The fourth-order valence-electron chi connectivity index (χ4n) is 2.35. The van der Waals surface area contributed by atoms with Gasteiger partial charge in [-0.05, 0) is 36.6 Å². The summed E-state index contributed by atoms with van der Waals surface area (Å²) in [4.78, 5) is 2.12. The fraction of sp³-hybridized carbons (Fsp3) is 0.571. The molecule has 1 aromatic carbocycles. The van der Waals surface area contributed by atoms with Crippen molar-refractivity contribution in [2.75, 3.05) is 25.4 Å². The van der Waals surface area contributed by atoms with Crippen LogP contribution in [0.15, 0.2) is 24.3 Å². The maximum atomic E-state index is 10.2. The first-order chi connectivity index (χ1) is 8.56. The molecule has 4 nitrogen and oxygen atoms in total. The zero-order valence-corrected chi connectivity index (χ0v) is 10.8. The number of hydrogen-bond donors (Lipinski definition) is 3. The molecule has 0 saturated carbocycles. The summed E-state index contributed by atoms with van der Waals surface area (Å²) in [5.74, 6) is 0.356. The Bertz CT molecular complexity index is 380. The van der Waals surface area contributed by atoms with E-state index in [-0.39, 0.29) is 6.10 Å². The van der Waals surface area contributed by atoms with Crippen LogP contribution < -0.4 is 5.73 Å². The van der Waals surface area contributed by atoms with Crippen molar-refractivity contribution in [1.82, 2.24) is 4.90 Å². The van der Waals surface area contributed by atoms with Crippen LogP contribution in [0.5, 0.6) is 0 Å². The first-order valence-corrected chi connectivity index (χ1v) is 6.50. The Labute approximate surface area is 108 Å². The molecule has 0 radical (unpaired) electrons. The number of β-amino-alcohol motifs (C(OH)–C–C–N with tert-alkyl or cyclic N) is 2. The van der Waals surface area contributed by atoms with Crippen LogP contribution in [-0.2, 0) is 0 Å². The van der Waals surface area contributed by atoms with Crippen molar-refractivity contribution in [3.05, 3.63) is 29.8 Å². The predicted octanol–water partition coefficient (Wildman–Crippen LogP) is 1.00. The molecule has 1 aliphatic heterocycles. The highest BCUT2D eigenvalue weighted by atomic mass is 16.3. The summed E-state index contributed by atoms with van der Waals surface area (Å²) in [5, 5.41) is 20.0. The van der Waals surface area contributed by atoms with Crippen LogP contribution in [-0.4, -0.2) is 40.9 Å². The Balaban J connectivity index is 1.91. The molecule has 18 heavy (non-hydrogen) atoms. The Kier molecular flexibility index (Phi) is 4.22. The van der Waals surface area contributed by atoms with Crippen LogP contribution in [0.25, 0.3) is 0 Å². The molecule has 2 rings (SSSR count). The lowest BCUT2D eigenvalue weighted by atomic mass is 9.95. The topological polar surface area (TPSA) is 69.7 Å². The molecule has 1 saturated heterocycles. The Morgan fingerprint density at radius 3 is 2.67 bits per heavy atom. The van der Waals surface area contributed by atoms with E-state index in [1.54, 1.807) is 12.1 Å². The van der Waals surface area contributed by atoms with Crippen LogP contribution in [0.2, 0.25) is 0 Å². The molecule has 3 unspecified atom stereocenters. The van der Waals surface area contributed by atoms with Gasteiger partial charge in [-0.3, -0.25) is 4.90 Å². The second-order valence-corrected chi connectivity index (χ2v) is 5.28. The van der Waals surface area contributed by atoms with E-state index >= 15 is 0 Å². The highest BCUT2D eigenvalue weighted by Gasteiger charge is 2.25. The van der Waals surface area contributed by atoms with Crippen molar-refractivity contribution < 1.29 is 10.2 Å². The molecule has 0 aromatic heterocycles. The van der Waals surface area contributed by atoms with Crippen molar-refractivity contribution in [2.45, 2.75) is 25.6 Å². The minimum Gasteiger partial charge on any atom is -0.399 e. The van der Waals surface area contributed by atoms with Gasteiger partial charge in [-0.25, -0.2) is 0 Å². The van der Waals surface area contributed by atoms with E-state index in [0.717, 1.165) is 18.5 Å². The van der Waals surface area contributed by atoms with E-state index in [0.29, 0.717) is 24.7 Å². The summed E-state index contributed by atoms with van der Waals surface area (Å²) >= 11 is 0. The lowest BCUT2D eigenvalue weighted by molar-refractivity contribution is 0.00859. The molecule has 1 aliphatic rings. The maximum Gasteiger partial charge on any atom is 0.0916 e. The van der Waals surface area contributed by atoms with Crippen LogP contribution in [0.4, 0.5) is 5.69 Å². The number of anilines is 1. The quantitative estimate of drug-likeness (QED) is 0.700. The standard InChI is InChI=1S/C14H22N2O2/c1-10-6-7-16(8-13(10)17)9-14(18)11-2-4-12(15)5-3-11/h2-5,10,13-14,17-18H,6-9,15H2,1H3. The van der Waals surface area contributed by atoms with Gasteiger partial charge in [-0.1, -0.05) is 19.1 Å². The average molecular weight is 250 g/mol. The second kappa shape index (κ2) is 5.69. The summed E-state index contributed by atoms with van der Waals surface area (Å²) in [6, 6.07) is 7.29. The van der Waals surface area contributed by atoms with E-state index in [4.69, 9.17) is 5.73 Å². The third-order valence-electron chi connectivity index (χ3n) is 3.76. The second-order valence-electron chi connectivity index (χ2n) is 5.28. The van der Waals surface area contributed by atoms with Crippen LogP contribution >= 0.6 is 0 Å². The van der Waals surface area contributed by atoms with Crippen LogP contribution in [0, 0.1) is 5.92 Å². The SMILES string of the molecule is CC1CCN(CC(O)c2ccc(N)cc2)CC1O. The van der Waals surface area contributed by atoms with Gasteiger partial charge in [-0.2, -0.15) is 0 Å². The number of aliphatic hydroxyl groups excluding tert-OH is 2. The number of benzene rings is 1. The monoisotopic (exact) mass is 250 g/mol. The van der Waals surface area contributed by atoms with Gasteiger partial charge >= 0.3 is 0 Å². The highest BCUT2D eigenvalue weighted by molar-refractivity contribution is 5.39. The summed E-state index contributed by atoms with van der Waals surface area (Å²) in [6.07, 6.45) is 0.180. The number of nitrogens with zero attached hydrogens (tertiary/aromatic N) is 1. The molecular weight excluding hydrogens is 228 g/mol. The maximum absolute atomic E-state index is 10.2. The van der Waals surface area contributed by atoms with Crippen molar-refractivity contribution >= 4 is 5.69 Å². The van der Waals surface area contributed by atoms with E-state index < -0.39 is 6.10 Å². The molecule has 1 fully saturated rings. The van der Waals surface area contributed by atoms with Crippen LogP contribution in [0.1, 0.15) is 25.0 Å². The predicted molar refractivity (Wildman–Crippen MR) is 72.0 cm³/mol. The van der Waals surface area contributed by atoms with Gasteiger partial charge in [-0.15, -0.1) is 0 Å². The molecule has 0 spiro atoms. The highest BCUT2D eigenvalue weighted by Crippen LogP contribution is 2.21. The molecule has 0 amide bonds. The van der Waals surface area contributed by atoms with Gasteiger partial charge in [0.05, 0.1) is 12.2 Å². The lowest BCUT2D eigenvalue weighted by Gasteiger charge is -2.35. The molecule has 0 bridgehead atoms. The molecule has 0 aliphatic carbocycles. The summed E-state index contributed by atoms with van der Waals surface area (Å²) in [6.45, 7) is 4.21. The van der Waals surface area contributed by atoms with Crippen molar-refractivity contribution in [1.29, 1.82) is 0 Å². The number of hydrogen-bond acceptors (Lipinski definition) is 4. The Hall–Kier alpha value is -1.10. The van der Waals surface area contributed by atoms with Gasteiger partial charge in [0.15, 0.2) is 0 Å². The minimum atomic E-state index is -0.522. The van der Waals surface area contributed by atoms with Crippen molar-refractivity contribution in [3.8, 4) is 0 Å². The first-order valence-electron chi connectivity index (χ1n) is 6.50. The molecule has 1 heterocycles. The molecular formula is C14H22N2O2. The van der Waals surface area contributed by atoms with Gasteiger partial charge in [0, 0.05) is 18.8 Å². The van der Waals surface area contributed by atoms with Gasteiger partial charge < -0.3 is 15.9 Å². The number of rotatable bonds is 3. The van der Waals surface area contributed by atoms with Gasteiger partial charge in [0.25, 0.3) is 0 Å². The fourth-order valence-corrected chi connectivity index (χ4v) is 2.35. The van der Waals surface area contributed by atoms with Crippen molar-refractivity contribution in [2.24, 2.45) is 5.92 Å². The van der Waals surface area contributed by atoms with E-state index in [1.165, 1.54) is 0 Å². The normalized spacial score (nSPS) is 27.1. The Morgan fingerprint density at radius 2 is 2.06 bits per heavy atom. The van der Waals surface area contributed by atoms with Gasteiger partial charge in [0.1, 0.15) is 0 Å². The third kappa shape index (κ3) is 3.22. The smallest absolute Gasteiger partial charge is 0.0916 e. The molecule has 3 atom stereocenters. The van der Waals surface area contributed by atoms with Crippen LogP contribution in [0.3, 0.4) is 0 Å². The summed E-state index contributed by atoms with van der Waals surface area (Å²) < 4.78 is 0. The van der Waals surface area contributed by atoms with Crippen molar-refractivity contribution in [3.63, 3.8) is 0 Å². The van der Waals surface area contributed by atoms with E-state index in [1.807, 2.05) is 12.1 Å². The number of nitrogen functional groups attached to an aromatic ring is 1. The molecule has 4 heteroatoms. The third-order valence-corrected chi connectivity index (χ3v) is 3.76. The number of nitrogens with two attached hydrogens (primary N) is 1. The zero-order valence-electron chi connectivity index (χ0n) is 10.8. The number of likely N-dealkylation sites (tertiary alicyclic amines) is 1.